The smallest absolute Gasteiger partial charge is 0.224 e. The molecule has 14 heavy (non-hydrogen) atoms. The lowest BCUT2D eigenvalue weighted by atomic mass is 10.5. The van der Waals surface area contributed by atoms with E-state index < -0.39 is 0 Å². The van der Waals surface area contributed by atoms with Gasteiger partial charge in [0.05, 0.1) is 12.5 Å². The lowest BCUT2D eigenvalue weighted by molar-refractivity contribution is 0.583. The molecule has 7 nitrogen and oxygen atoms in total. The fraction of sp³-hybridized carbons (Fsp3) is 0.286. The van der Waals surface area contributed by atoms with Crippen molar-refractivity contribution in [1.29, 1.82) is 0 Å². The van der Waals surface area contributed by atoms with E-state index in [1.54, 1.807) is 10.9 Å². The Hall–Kier alpha value is -1.89. The molecule has 1 atom stereocenters. The second kappa shape index (κ2) is 2.81. The highest BCUT2D eigenvalue weighted by molar-refractivity contribution is 5.82. The van der Waals surface area contributed by atoms with E-state index in [2.05, 4.69) is 15.0 Å². The molecule has 0 fully saturated rings. The zero-order chi connectivity index (χ0) is 10.3. The molecule has 0 bridgehead atoms. The summed E-state index contributed by atoms with van der Waals surface area (Å²) in [5.74, 6) is 0.393. The van der Waals surface area contributed by atoms with E-state index in [-0.39, 0.29) is 17.9 Å². The van der Waals surface area contributed by atoms with Crippen LogP contribution in [0.25, 0.3) is 11.2 Å². The second-order valence-corrected chi connectivity index (χ2v) is 3.03. The Labute approximate surface area is 79.9 Å². The fourth-order valence-electron chi connectivity index (χ4n) is 1.25. The predicted molar refractivity (Wildman–Crippen MR) is 53.0 cm³/mol. The molecule has 0 radical (unpaired) electrons. The molecule has 2 aromatic heterocycles. The quantitative estimate of drug-likeness (QED) is 0.559. The fourth-order valence-corrected chi connectivity index (χ4v) is 1.25. The van der Waals surface area contributed by atoms with Gasteiger partial charge < -0.3 is 17.2 Å². The molecular weight excluding hydrogens is 182 g/mol. The van der Waals surface area contributed by atoms with Gasteiger partial charge in [-0.05, 0) is 6.92 Å². The summed E-state index contributed by atoms with van der Waals surface area (Å²) < 4.78 is 1.68. The van der Waals surface area contributed by atoms with Crippen LogP contribution in [0.5, 0.6) is 0 Å². The van der Waals surface area contributed by atoms with Crippen molar-refractivity contribution >= 4 is 22.9 Å². The van der Waals surface area contributed by atoms with Crippen LogP contribution in [0.1, 0.15) is 13.1 Å². The Morgan fingerprint density at radius 3 is 2.71 bits per heavy atom. The molecule has 0 aliphatic carbocycles. The Kier molecular flexibility index (Phi) is 1.74. The highest BCUT2D eigenvalue weighted by Gasteiger charge is 2.11. The van der Waals surface area contributed by atoms with Crippen molar-refractivity contribution in [3.8, 4) is 0 Å². The Balaban J connectivity index is 2.78. The standard InChI is InChI=1S/C7H11N7/c1-3(8)14-2-11-4-5(9)12-7(10)13-6(4)14/h2-3H,8H2,1H3,(H4,9,10,12,13). The van der Waals surface area contributed by atoms with Crippen molar-refractivity contribution in [2.24, 2.45) is 5.73 Å². The first-order valence-electron chi connectivity index (χ1n) is 4.10. The minimum Gasteiger partial charge on any atom is -0.382 e. The third-order valence-corrected chi connectivity index (χ3v) is 1.90. The van der Waals surface area contributed by atoms with Crippen LogP contribution in [-0.4, -0.2) is 19.5 Å². The summed E-state index contributed by atoms with van der Waals surface area (Å²) in [6, 6.07) is 0. The predicted octanol–water partition coefficient (Wildman–Crippen LogP) is -0.532. The largest absolute Gasteiger partial charge is 0.382 e. The summed E-state index contributed by atoms with van der Waals surface area (Å²) >= 11 is 0. The van der Waals surface area contributed by atoms with Gasteiger partial charge in [0.25, 0.3) is 0 Å². The van der Waals surface area contributed by atoms with Crippen molar-refractivity contribution in [1.82, 2.24) is 19.5 Å². The van der Waals surface area contributed by atoms with Gasteiger partial charge in [-0.25, -0.2) is 4.98 Å². The maximum atomic E-state index is 5.71. The lowest BCUT2D eigenvalue weighted by Gasteiger charge is -2.07. The summed E-state index contributed by atoms with van der Waals surface area (Å²) in [6.07, 6.45) is 1.34. The zero-order valence-corrected chi connectivity index (χ0v) is 7.68. The molecule has 7 heteroatoms. The summed E-state index contributed by atoms with van der Waals surface area (Å²) in [4.78, 5) is 11.9. The number of anilines is 2. The van der Waals surface area contributed by atoms with E-state index in [0.29, 0.717) is 11.2 Å². The minimum atomic E-state index is -0.228. The van der Waals surface area contributed by atoms with Gasteiger partial charge in [0.2, 0.25) is 5.95 Å². The molecule has 0 saturated heterocycles. The number of hydrogen-bond acceptors (Lipinski definition) is 6. The summed E-state index contributed by atoms with van der Waals surface area (Å²) in [5, 5.41) is 0. The van der Waals surface area contributed by atoms with Crippen LogP contribution in [0.4, 0.5) is 11.8 Å². The van der Waals surface area contributed by atoms with Gasteiger partial charge >= 0.3 is 0 Å². The second-order valence-electron chi connectivity index (χ2n) is 3.03. The van der Waals surface area contributed by atoms with Crippen LogP contribution in [0, 0.1) is 0 Å². The normalized spacial score (nSPS) is 13.3. The average Bonchev–Trinajstić information content (AvgIpc) is 2.47. The number of rotatable bonds is 1. The Morgan fingerprint density at radius 2 is 2.07 bits per heavy atom. The van der Waals surface area contributed by atoms with Gasteiger partial charge in [0.15, 0.2) is 11.5 Å². The number of hydrogen-bond donors (Lipinski definition) is 3. The topological polar surface area (TPSA) is 122 Å². The number of fused-ring (bicyclic) bond motifs is 1. The van der Waals surface area contributed by atoms with E-state index >= 15 is 0 Å². The molecule has 2 rings (SSSR count). The molecule has 0 aromatic carbocycles. The molecule has 2 aromatic rings. The van der Waals surface area contributed by atoms with Crippen molar-refractivity contribution in [3.05, 3.63) is 6.33 Å². The van der Waals surface area contributed by atoms with Crippen molar-refractivity contribution in [2.75, 3.05) is 11.5 Å². The lowest BCUT2D eigenvalue weighted by Crippen LogP contribution is -2.14. The van der Waals surface area contributed by atoms with E-state index in [4.69, 9.17) is 17.2 Å². The first kappa shape index (κ1) is 8.70. The first-order chi connectivity index (χ1) is 6.59. The zero-order valence-electron chi connectivity index (χ0n) is 7.68. The third kappa shape index (κ3) is 1.14. The SMILES string of the molecule is CC(N)n1cnc2c(N)nc(N)nc21. The molecule has 2 heterocycles. The van der Waals surface area contributed by atoms with Crippen LogP contribution in [0.15, 0.2) is 6.33 Å². The van der Waals surface area contributed by atoms with Gasteiger partial charge in [0.1, 0.15) is 5.52 Å². The Bertz CT molecular complexity index is 472. The van der Waals surface area contributed by atoms with Crippen molar-refractivity contribution in [3.63, 3.8) is 0 Å². The van der Waals surface area contributed by atoms with Gasteiger partial charge in [-0.3, -0.25) is 4.57 Å². The number of aromatic nitrogens is 4. The average molecular weight is 193 g/mol. The van der Waals surface area contributed by atoms with E-state index in [0.717, 1.165) is 0 Å². The molecular formula is C7H11N7. The number of imidazole rings is 1. The summed E-state index contributed by atoms with van der Waals surface area (Å²) in [7, 11) is 0. The highest BCUT2D eigenvalue weighted by Crippen LogP contribution is 2.18. The maximum Gasteiger partial charge on any atom is 0.224 e. The highest BCUT2D eigenvalue weighted by atomic mass is 15.2. The maximum absolute atomic E-state index is 5.71. The Morgan fingerprint density at radius 1 is 1.36 bits per heavy atom. The van der Waals surface area contributed by atoms with Gasteiger partial charge in [-0.1, -0.05) is 0 Å². The molecule has 0 aliphatic rings. The van der Waals surface area contributed by atoms with Crippen LogP contribution in [-0.2, 0) is 0 Å². The summed E-state index contributed by atoms with van der Waals surface area (Å²) in [5.41, 5.74) is 17.9. The van der Waals surface area contributed by atoms with Crippen LogP contribution in [0.2, 0.25) is 0 Å². The van der Waals surface area contributed by atoms with Gasteiger partial charge in [0, 0.05) is 0 Å². The summed E-state index contributed by atoms with van der Waals surface area (Å²) in [6.45, 7) is 1.82. The molecule has 0 saturated carbocycles. The molecule has 0 amide bonds. The van der Waals surface area contributed by atoms with E-state index in [9.17, 15) is 0 Å². The van der Waals surface area contributed by atoms with Gasteiger partial charge in [-0.15, -0.1) is 0 Å². The van der Waals surface area contributed by atoms with Crippen molar-refractivity contribution in [2.45, 2.75) is 13.1 Å². The van der Waals surface area contributed by atoms with Crippen molar-refractivity contribution < 1.29 is 0 Å². The van der Waals surface area contributed by atoms with Crippen LogP contribution >= 0.6 is 0 Å². The van der Waals surface area contributed by atoms with Crippen LogP contribution in [0.3, 0.4) is 0 Å². The molecule has 0 spiro atoms. The molecule has 0 aliphatic heterocycles. The third-order valence-electron chi connectivity index (χ3n) is 1.90. The number of nitrogen functional groups attached to an aromatic ring is 2. The number of nitrogens with zero attached hydrogens (tertiary/aromatic N) is 4. The minimum absolute atomic E-state index is 0.123. The number of nitrogens with two attached hydrogens (primary N) is 3. The monoisotopic (exact) mass is 193 g/mol. The molecule has 74 valence electrons. The van der Waals surface area contributed by atoms with Crippen LogP contribution < -0.4 is 17.2 Å². The molecule has 1 unspecified atom stereocenters. The van der Waals surface area contributed by atoms with Gasteiger partial charge in [-0.2, -0.15) is 9.97 Å². The first-order valence-corrected chi connectivity index (χ1v) is 4.10. The van der Waals surface area contributed by atoms with E-state index in [1.807, 2.05) is 6.92 Å². The molecule has 6 N–H and O–H groups in total. The van der Waals surface area contributed by atoms with E-state index in [1.165, 1.54) is 0 Å².